The minimum absolute atomic E-state index is 0.0627. The van der Waals surface area contributed by atoms with Crippen LogP contribution in [0.1, 0.15) is 27.8 Å². The number of aryl methyl sites for hydroxylation is 2. The standard InChI is InChI=1S/C25H23ClN2O2/c1-15-4-5-18(16(2)12-15)13-22-25(30)28(3)23-11-8-19(26)14-21(23)24(27-22)17-6-9-20(29)10-7-17/h4-12,14,22,29H,13H2,1-3H3. The van der Waals surface area contributed by atoms with Crippen molar-refractivity contribution in [3.05, 3.63) is 93.5 Å². The molecular formula is C25H23ClN2O2. The summed E-state index contributed by atoms with van der Waals surface area (Å²) in [6.45, 7) is 4.12. The molecule has 0 aliphatic carbocycles. The predicted molar refractivity (Wildman–Crippen MR) is 122 cm³/mol. The summed E-state index contributed by atoms with van der Waals surface area (Å²) in [5, 5.41) is 10.3. The van der Waals surface area contributed by atoms with E-state index < -0.39 is 6.04 Å². The number of rotatable bonds is 3. The van der Waals surface area contributed by atoms with Gasteiger partial charge in [0.05, 0.1) is 11.4 Å². The lowest BCUT2D eigenvalue weighted by Gasteiger charge is -2.21. The summed E-state index contributed by atoms with van der Waals surface area (Å²) in [6, 6.07) is 18.0. The topological polar surface area (TPSA) is 52.9 Å². The van der Waals surface area contributed by atoms with Crippen molar-refractivity contribution >= 4 is 28.9 Å². The fourth-order valence-electron chi connectivity index (χ4n) is 3.88. The molecule has 1 amide bonds. The zero-order valence-corrected chi connectivity index (χ0v) is 17.9. The first kappa shape index (κ1) is 20.2. The summed E-state index contributed by atoms with van der Waals surface area (Å²) < 4.78 is 0. The maximum Gasteiger partial charge on any atom is 0.251 e. The number of phenolic OH excluding ortho intramolecular Hbond substituents is 1. The Kier molecular flexibility index (Phi) is 5.35. The predicted octanol–water partition coefficient (Wildman–Crippen LogP) is 5.09. The molecule has 1 atom stereocenters. The number of benzodiazepines with no additional fused rings is 1. The molecule has 1 aliphatic rings. The van der Waals surface area contributed by atoms with Crippen LogP contribution in [0.2, 0.25) is 5.02 Å². The Bertz CT molecular complexity index is 1150. The van der Waals surface area contributed by atoms with Gasteiger partial charge in [-0.15, -0.1) is 0 Å². The molecule has 5 heteroatoms. The number of amides is 1. The van der Waals surface area contributed by atoms with Crippen molar-refractivity contribution < 1.29 is 9.90 Å². The Balaban J connectivity index is 1.87. The molecule has 1 heterocycles. The van der Waals surface area contributed by atoms with Crippen LogP contribution in [0.5, 0.6) is 5.75 Å². The Labute approximate surface area is 181 Å². The molecule has 0 bridgehead atoms. The number of aliphatic imine (C=N–C) groups is 1. The van der Waals surface area contributed by atoms with Gasteiger partial charge in [-0.3, -0.25) is 9.79 Å². The number of halogens is 1. The summed E-state index contributed by atoms with van der Waals surface area (Å²) >= 11 is 6.30. The van der Waals surface area contributed by atoms with Crippen molar-refractivity contribution in [1.29, 1.82) is 0 Å². The zero-order valence-electron chi connectivity index (χ0n) is 17.2. The van der Waals surface area contributed by atoms with E-state index in [9.17, 15) is 9.90 Å². The van der Waals surface area contributed by atoms with Crippen LogP contribution in [0.3, 0.4) is 0 Å². The van der Waals surface area contributed by atoms with E-state index in [1.807, 2.05) is 24.3 Å². The second kappa shape index (κ2) is 7.96. The number of phenols is 1. The molecule has 0 radical (unpaired) electrons. The molecule has 30 heavy (non-hydrogen) atoms. The smallest absolute Gasteiger partial charge is 0.251 e. The van der Waals surface area contributed by atoms with Crippen LogP contribution >= 0.6 is 11.6 Å². The first-order chi connectivity index (χ1) is 14.3. The van der Waals surface area contributed by atoms with E-state index in [-0.39, 0.29) is 11.7 Å². The number of anilines is 1. The van der Waals surface area contributed by atoms with Gasteiger partial charge >= 0.3 is 0 Å². The molecule has 1 N–H and O–H groups in total. The monoisotopic (exact) mass is 418 g/mol. The Morgan fingerprint density at radius 2 is 1.77 bits per heavy atom. The quantitative estimate of drug-likeness (QED) is 0.644. The molecule has 0 saturated heterocycles. The molecule has 4 nitrogen and oxygen atoms in total. The lowest BCUT2D eigenvalue weighted by molar-refractivity contribution is -0.119. The number of nitrogens with zero attached hydrogens (tertiary/aromatic N) is 2. The summed E-state index contributed by atoms with van der Waals surface area (Å²) in [6.07, 6.45) is 0.512. The van der Waals surface area contributed by atoms with Gasteiger partial charge in [-0.25, -0.2) is 0 Å². The molecule has 0 saturated carbocycles. The fourth-order valence-corrected chi connectivity index (χ4v) is 4.05. The molecule has 1 unspecified atom stereocenters. The van der Waals surface area contributed by atoms with E-state index in [2.05, 4.69) is 32.0 Å². The second-order valence-corrected chi connectivity index (χ2v) is 8.17. The van der Waals surface area contributed by atoms with Crippen LogP contribution in [0.25, 0.3) is 0 Å². The van der Waals surface area contributed by atoms with E-state index in [1.165, 1.54) is 5.56 Å². The highest BCUT2D eigenvalue weighted by atomic mass is 35.5. The highest BCUT2D eigenvalue weighted by molar-refractivity contribution is 6.32. The Morgan fingerprint density at radius 3 is 2.47 bits per heavy atom. The van der Waals surface area contributed by atoms with Crippen molar-refractivity contribution in [3.63, 3.8) is 0 Å². The van der Waals surface area contributed by atoms with E-state index >= 15 is 0 Å². The van der Waals surface area contributed by atoms with Gasteiger partial charge in [-0.2, -0.15) is 0 Å². The van der Waals surface area contributed by atoms with Crippen LogP contribution in [0.4, 0.5) is 5.69 Å². The van der Waals surface area contributed by atoms with Gasteiger partial charge in [0, 0.05) is 29.6 Å². The first-order valence-electron chi connectivity index (χ1n) is 9.84. The molecule has 0 aromatic heterocycles. The van der Waals surface area contributed by atoms with Crippen LogP contribution in [-0.4, -0.2) is 29.8 Å². The molecule has 3 aromatic rings. The van der Waals surface area contributed by atoms with Crippen molar-refractivity contribution in [2.45, 2.75) is 26.3 Å². The third-order valence-electron chi connectivity index (χ3n) is 5.53. The number of fused-ring (bicyclic) bond motifs is 1. The number of hydrogen-bond acceptors (Lipinski definition) is 3. The van der Waals surface area contributed by atoms with Crippen LogP contribution in [0, 0.1) is 13.8 Å². The Morgan fingerprint density at radius 1 is 1.03 bits per heavy atom. The first-order valence-corrected chi connectivity index (χ1v) is 10.2. The number of aromatic hydroxyl groups is 1. The maximum atomic E-state index is 13.4. The average Bonchev–Trinajstić information content (AvgIpc) is 2.81. The van der Waals surface area contributed by atoms with Crippen LogP contribution < -0.4 is 4.90 Å². The molecule has 0 spiro atoms. The van der Waals surface area contributed by atoms with Crippen molar-refractivity contribution in [1.82, 2.24) is 0 Å². The van der Waals surface area contributed by atoms with E-state index in [0.717, 1.165) is 27.9 Å². The summed E-state index contributed by atoms with van der Waals surface area (Å²) in [5.41, 5.74) is 6.52. The van der Waals surface area contributed by atoms with Gasteiger partial charge in [0.15, 0.2) is 0 Å². The van der Waals surface area contributed by atoms with Crippen molar-refractivity contribution in [2.24, 2.45) is 4.99 Å². The SMILES string of the molecule is Cc1ccc(CC2N=C(c3ccc(O)cc3)c3cc(Cl)ccc3N(C)C2=O)c(C)c1. The second-order valence-electron chi connectivity index (χ2n) is 7.73. The zero-order chi connectivity index (χ0) is 21.4. The van der Waals surface area contributed by atoms with Crippen LogP contribution in [-0.2, 0) is 11.2 Å². The van der Waals surface area contributed by atoms with Crippen LogP contribution in [0.15, 0.2) is 65.7 Å². The van der Waals surface area contributed by atoms with Crippen molar-refractivity contribution in [3.8, 4) is 5.75 Å². The van der Waals surface area contributed by atoms with E-state index in [4.69, 9.17) is 16.6 Å². The number of carbonyl (C=O) groups excluding carboxylic acids is 1. The third-order valence-corrected chi connectivity index (χ3v) is 5.76. The van der Waals surface area contributed by atoms with E-state index in [1.54, 1.807) is 30.1 Å². The molecule has 1 aliphatic heterocycles. The highest BCUT2D eigenvalue weighted by Crippen LogP contribution is 2.31. The Hall–Kier alpha value is -3.11. The molecule has 3 aromatic carbocycles. The highest BCUT2D eigenvalue weighted by Gasteiger charge is 2.30. The largest absolute Gasteiger partial charge is 0.508 e. The molecule has 152 valence electrons. The van der Waals surface area contributed by atoms with Gasteiger partial charge in [-0.05, 0) is 67.4 Å². The summed E-state index contributed by atoms with van der Waals surface area (Å²) in [4.78, 5) is 19.9. The fraction of sp³-hybridized carbons (Fsp3) is 0.200. The van der Waals surface area contributed by atoms with Gasteiger partial charge in [-0.1, -0.05) is 35.4 Å². The minimum atomic E-state index is -0.564. The molecular weight excluding hydrogens is 396 g/mol. The number of benzene rings is 3. The van der Waals surface area contributed by atoms with Crippen molar-refractivity contribution in [2.75, 3.05) is 11.9 Å². The molecule has 0 fully saturated rings. The summed E-state index contributed by atoms with van der Waals surface area (Å²) in [7, 11) is 1.78. The lowest BCUT2D eigenvalue weighted by atomic mass is 9.98. The third kappa shape index (κ3) is 3.83. The van der Waals surface area contributed by atoms with Gasteiger partial charge in [0.1, 0.15) is 11.8 Å². The average molecular weight is 419 g/mol. The lowest BCUT2D eigenvalue weighted by Crippen LogP contribution is -2.36. The number of hydrogen-bond donors (Lipinski definition) is 1. The molecule has 4 rings (SSSR count). The maximum absolute atomic E-state index is 13.4. The number of likely N-dealkylation sites (N-methyl/N-ethyl adjacent to an activating group) is 1. The van der Waals surface area contributed by atoms with Gasteiger partial charge in [0.25, 0.3) is 5.91 Å². The minimum Gasteiger partial charge on any atom is -0.508 e. The normalized spacial score (nSPS) is 16.1. The van der Waals surface area contributed by atoms with E-state index in [0.29, 0.717) is 17.2 Å². The number of carbonyl (C=O) groups is 1. The van der Waals surface area contributed by atoms with Gasteiger partial charge in [0.2, 0.25) is 0 Å². The van der Waals surface area contributed by atoms with Gasteiger partial charge < -0.3 is 10.0 Å². The summed E-state index contributed by atoms with van der Waals surface area (Å²) in [5.74, 6) is 0.117.